The van der Waals surface area contributed by atoms with Gasteiger partial charge in [-0.3, -0.25) is 0 Å². The van der Waals surface area contributed by atoms with Gasteiger partial charge in [-0.25, -0.2) is 4.79 Å². The van der Waals surface area contributed by atoms with Gasteiger partial charge in [0.15, 0.2) is 0 Å². The molecule has 0 aliphatic carbocycles. The van der Waals surface area contributed by atoms with Crippen molar-refractivity contribution in [3.8, 4) is 5.75 Å². The monoisotopic (exact) mass is 254 g/mol. The van der Waals surface area contributed by atoms with Crippen LogP contribution < -0.4 is 4.74 Å². The van der Waals surface area contributed by atoms with Crippen molar-refractivity contribution in [2.24, 2.45) is 0 Å². The average Bonchev–Trinajstić information content (AvgIpc) is 2.46. The van der Waals surface area contributed by atoms with Crippen LogP contribution in [0.25, 0.3) is 10.8 Å². The number of carbonyl (C=O) groups is 1. The molecule has 0 fully saturated rings. The highest BCUT2D eigenvalue weighted by molar-refractivity contribution is 5.88. The largest absolute Gasteiger partial charge is 0.450 e. The molecule has 19 heavy (non-hydrogen) atoms. The minimum atomic E-state index is -0.837. The van der Waals surface area contributed by atoms with Gasteiger partial charge in [0.25, 0.3) is 6.29 Å². The Morgan fingerprint density at radius 2 is 1.84 bits per heavy atom. The summed E-state index contributed by atoms with van der Waals surface area (Å²) in [6.07, 6.45) is 1.67. The first-order chi connectivity index (χ1) is 9.24. The molecule has 0 amide bonds. The molecule has 0 N–H and O–H groups in total. The van der Waals surface area contributed by atoms with E-state index < -0.39 is 12.3 Å². The summed E-state index contributed by atoms with van der Waals surface area (Å²) in [4.78, 5) is 11.2. The van der Waals surface area contributed by atoms with E-state index in [0.29, 0.717) is 5.75 Å². The van der Waals surface area contributed by atoms with Gasteiger partial charge in [-0.15, -0.1) is 0 Å². The fraction of sp³-hybridized carbons (Fsp3) is 0.0625. The van der Waals surface area contributed by atoms with Crippen LogP contribution in [0.1, 0.15) is 0 Å². The molecule has 0 bridgehead atoms. The van der Waals surface area contributed by atoms with E-state index in [0.717, 1.165) is 16.8 Å². The number of benzene rings is 2. The normalized spacial score (nSPS) is 11.6. The van der Waals surface area contributed by atoms with Crippen LogP contribution in [0.2, 0.25) is 0 Å². The summed E-state index contributed by atoms with van der Waals surface area (Å²) in [5.74, 6) is 0.0880. The molecule has 3 heteroatoms. The van der Waals surface area contributed by atoms with Crippen molar-refractivity contribution in [2.75, 3.05) is 0 Å². The molecular weight excluding hydrogens is 240 g/mol. The van der Waals surface area contributed by atoms with Gasteiger partial charge in [0, 0.05) is 11.5 Å². The van der Waals surface area contributed by atoms with E-state index in [2.05, 4.69) is 13.2 Å². The molecule has 3 nitrogen and oxygen atoms in total. The lowest BCUT2D eigenvalue weighted by Gasteiger charge is -2.16. The number of hydrogen-bond donors (Lipinski definition) is 0. The first kappa shape index (κ1) is 12.9. The van der Waals surface area contributed by atoms with Gasteiger partial charge < -0.3 is 9.47 Å². The second-order valence-corrected chi connectivity index (χ2v) is 3.84. The second kappa shape index (κ2) is 5.87. The summed E-state index contributed by atoms with van der Waals surface area (Å²) < 4.78 is 10.6. The van der Waals surface area contributed by atoms with Crippen molar-refractivity contribution in [3.05, 3.63) is 67.8 Å². The van der Waals surface area contributed by atoms with Crippen LogP contribution in [0.4, 0.5) is 0 Å². The Kier molecular flexibility index (Phi) is 3.98. The third-order valence-corrected chi connectivity index (χ3v) is 2.58. The van der Waals surface area contributed by atoms with E-state index in [1.165, 1.54) is 6.08 Å². The predicted octanol–water partition coefficient (Wildman–Crippen LogP) is 3.46. The predicted molar refractivity (Wildman–Crippen MR) is 74.9 cm³/mol. The quantitative estimate of drug-likeness (QED) is 0.355. The molecule has 0 spiro atoms. The molecule has 0 saturated heterocycles. The Labute approximate surface area is 111 Å². The van der Waals surface area contributed by atoms with Crippen molar-refractivity contribution >= 4 is 16.7 Å². The standard InChI is InChI=1S/C16H14O3/c1-3-15(17)19-16(4-2)18-14-11-7-9-12-8-5-6-10-13(12)14/h3-11,16H,1-2H2. The topological polar surface area (TPSA) is 35.5 Å². The lowest BCUT2D eigenvalue weighted by atomic mass is 10.1. The van der Waals surface area contributed by atoms with Crippen molar-refractivity contribution in [2.45, 2.75) is 6.29 Å². The second-order valence-electron chi connectivity index (χ2n) is 3.84. The maximum absolute atomic E-state index is 11.2. The first-order valence-electron chi connectivity index (χ1n) is 5.84. The molecule has 96 valence electrons. The summed E-state index contributed by atoms with van der Waals surface area (Å²) >= 11 is 0. The van der Waals surface area contributed by atoms with Crippen LogP contribution >= 0.6 is 0 Å². The van der Waals surface area contributed by atoms with Crippen molar-refractivity contribution in [3.63, 3.8) is 0 Å². The van der Waals surface area contributed by atoms with E-state index in [1.54, 1.807) is 0 Å². The van der Waals surface area contributed by atoms with Crippen LogP contribution in [0, 0.1) is 0 Å². The van der Waals surface area contributed by atoms with Gasteiger partial charge in [-0.1, -0.05) is 49.6 Å². The SMILES string of the molecule is C=CC(=O)OC(C=C)Oc1cccc2ccccc12. The Morgan fingerprint density at radius 3 is 2.58 bits per heavy atom. The molecule has 1 atom stereocenters. The van der Waals surface area contributed by atoms with Crippen molar-refractivity contribution in [1.82, 2.24) is 0 Å². The number of hydrogen-bond acceptors (Lipinski definition) is 3. The smallest absolute Gasteiger partial charge is 0.333 e. The first-order valence-corrected chi connectivity index (χ1v) is 5.84. The summed E-state index contributed by atoms with van der Waals surface area (Å²) in [6.45, 7) is 6.93. The van der Waals surface area contributed by atoms with Crippen molar-refractivity contribution < 1.29 is 14.3 Å². The van der Waals surface area contributed by atoms with Crippen LogP contribution in [0.3, 0.4) is 0 Å². The van der Waals surface area contributed by atoms with Gasteiger partial charge in [-0.2, -0.15) is 0 Å². The fourth-order valence-electron chi connectivity index (χ4n) is 1.71. The Hall–Kier alpha value is -2.55. The third-order valence-electron chi connectivity index (χ3n) is 2.58. The third kappa shape index (κ3) is 3.01. The van der Waals surface area contributed by atoms with Gasteiger partial charge in [0.05, 0.1) is 0 Å². The van der Waals surface area contributed by atoms with Crippen LogP contribution in [0.5, 0.6) is 5.75 Å². The molecule has 0 aromatic heterocycles. The number of fused-ring (bicyclic) bond motifs is 1. The molecule has 0 radical (unpaired) electrons. The summed E-state index contributed by atoms with van der Waals surface area (Å²) in [7, 11) is 0. The maximum Gasteiger partial charge on any atom is 0.333 e. The summed E-state index contributed by atoms with van der Waals surface area (Å²) in [5, 5.41) is 2.00. The van der Waals surface area contributed by atoms with E-state index in [1.807, 2.05) is 42.5 Å². The number of carbonyl (C=O) groups excluding carboxylic acids is 1. The zero-order valence-electron chi connectivity index (χ0n) is 10.4. The zero-order chi connectivity index (χ0) is 13.7. The van der Waals surface area contributed by atoms with Crippen LogP contribution in [-0.2, 0) is 9.53 Å². The highest BCUT2D eigenvalue weighted by Gasteiger charge is 2.11. The van der Waals surface area contributed by atoms with Crippen LogP contribution in [0.15, 0.2) is 67.8 Å². The summed E-state index contributed by atoms with van der Waals surface area (Å²) in [5.41, 5.74) is 0. The Morgan fingerprint density at radius 1 is 1.11 bits per heavy atom. The minimum Gasteiger partial charge on any atom is -0.450 e. The number of rotatable bonds is 5. The Balaban J connectivity index is 2.26. The van der Waals surface area contributed by atoms with Gasteiger partial charge in [-0.05, 0) is 17.5 Å². The molecule has 0 saturated carbocycles. The van der Waals surface area contributed by atoms with Crippen LogP contribution in [-0.4, -0.2) is 12.3 Å². The van der Waals surface area contributed by atoms with E-state index >= 15 is 0 Å². The maximum atomic E-state index is 11.2. The van der Waals surface area contributed by atoms with Crippen molar-refractivity contribution in [1.29, 1.82) is 0 Å². The molecule has 0 aliphatic rings. The van der Waals surface area contributed by atoms with E-state index in [9.17, 15) is 4.79 Å². The number of ether oxygens (including phenoxy) is 2. The highest BCUT2D eigenvalue weighted by Crippen LogP contribution is 2.26. The summed E-state index contributed by atoms with van der Waals surface area (Å²) in [6, 6.07) is 13.5. The molecular formula is C16H14O3. The van der Waals surface area contributed by atoms with E-state index in [-0.39, 0.29) is 0 Å². The lowest BCUT2D eigenvalue weighted by molar-refractivity contribution is -0.151. The average molecular weight is 254 g/mol. The molecule has 0 heterocycles. The highest BCUT2D eigenvalue weighted by atomic mass is 16.7. The minimum absolute atomic E-state index is 0.551. The molecule has 2 aromatic rings. The molecule has 2 aromatic carbocycles. The fourth-order valence-corrected chi connectivity index (χ4v) is 1.71. The number of esters is 1. The van der Waals surface area contributed by atoms with Gasteiger partial charge in [0.2, 0.25) is 0 Å². The van der Waals surface area contributed by atoms with Gasteiger partial charge in [0.1, 0.15) is 5.75 Å². The molecule has 1 unspecified atom stereocenters. The molecule has 2 rings (SSSR count). The lowest BCUT2D eigenvalue weighted by Crippen LogP contribution is -2.20. The molecule has 0 aliphatic heterocycles. The van der Waals surface area contributed by atoms with E-state index in [4.69, 9.17) is 9.47 Å². The zero-order valence-corrected chi connectivity index (χ0v) is 10.4. The van der Waals surface area contributed by atoms with Gasteiger partial charge >= 0.3 is 5.97 Å². The Bertz CT molecular complexity index is 611.